The van der Waals surface area contributed by atoms with Crippen molar-refractivity contribution in [2.45, 2.75) is 17.2 Å². The van der Waals surface area contributed by atoms with Gasteiger partial charge in [0.25, 0.3) is 0 Å². The van der Waals surface area contributed by atoms with Crippen LogP contribution in [0.4, 0.5) is 16.5 Å². The van der Waals surface area contributed by atoms with Crippen LogP contribution in [0.1, 0.15) is 11.1 Å². The molecule has 2 aromatic carbocycles. The fourth-order valence-electron chi connectivity index (χ4n) is 3.24. The summed E-state index contributed by atoms with van der Waals surface area (Å²) >= 11 is 2.87. The third-order valence-electron chi connectivity index (χ3n) is 4.50. The van der Waals surface area contributed by atoms with E-state index in [0.29, 0.717) is 12.3 Å². The van der Waals surface area contributed by atoms with E-state index in [1.54, 1.807) is 6.08 Å². The van der Waals surface area contributed by atoms with Gasteiger partial charge < -0.3 is 5.32 Å². The van der Waals surface area contributed by atoms with Gasteiger partial charge in [0.15, 0.2) is 4.34 Å². The normalized spacial score (nSPS) is 12.6. The van der Waals surface area contributed by atoms with Crippen LogP contribution in [-0.2, 0) is 17.6 Å². The van der Waals surface area contributed by atoms with Gasteiger partial charge in [-0.15, -0.1) is 16.8 Å². The number of anilines is 3. The monoisotopic (exact) mass is 408 g/mol. The highest BCUT2D eigenvalue weighted by molar-refractivity contribution is 8.01. The van der Waals surface area contributed by atoms with Crippen LogP contribution in [0, 0.1) is 0 Å². The van der Waals surface area contributed by atoms with Crippen molar-refractivity contribution in [2.75, 3.05) is 22.5 Å². The zero-order chi connectivity index (χ0) is 19.3. The Bertz CT molecular complexity index is 954. The van der Waals surface area contributed by atoms with Crippen molar-refractivity contribution in [3.63, 3.8) is 0 Å². The minimum absolute atomic E-state index is 0.0441. The Balaban J connectivity index is 1.56. The van der Waals surface area contributed by atoms with Gasteiger partial charge in [-0.3, -0.25) is 9.69 Å². The number of aryl methyl sites for hydroxylation is 2. The molecule has 4 rings (SSSR count). The molecule has 0 unspecified atom stereocenters. The van der Waals surface area contributed by atoms with Crippen molar-refractivity contribution in [2.24, 2.45) is 0 Å². The molecule has 0 bridgehead atoms. The number of nitrogens with zero attached hydrogens (tertiary/aromatic N) is 3. The Morgan fingerprint density at radius 1 is 1.11 bits per heavy atom. The van der Waals surface area contributed by atoms with Crippen molar-refractivity contribution < 1.29 is 4.79 Å². The van der Waals surface area contributed by atoms with Crippen LogP contribution in [0.25, 0.3) is 0 Å². The smallest absolute Gasteiger partial charge is 0.242 e. The van der Waals surface area contributed by atoms with Crippen LogP contribution in [0.2, 0.25) is 0 Å². The van der Waals surface area contributed by atoms with Crippen LogP contribution in [0.5, 0.6) is 0 Å². The standard InChI is InChI=1S/C21H20N4OS2/c1-2-13-22-20-23-24-21(28-20)27-14-19(26)25-17-9-5-3-7-15(17)11-12-16-8-4-6-10-18(16)25/h2-10H,1,11-14H2,(H,22,23). The second-order valence-corrected chi connectivity index (χ2v) is 8.52. The number of aromatic nitrogens is 2. The number of carbonyl (C=O) groups is 1. The van der Waals surface area contributed by atoms with Crippen molar-refractivity contribution >= 4 is 45.5 Å². The topological polar surface area (TPSA) is 58.1 Å². The molecule has 0 spiro atoms. The zero-order valence-electron chi connectivity index (χ0n) is 15.3. The largest absolute Gasteiger partial charge is 0.357 e. The van der Waals surface area contributed by atoms with E-state index in [-0.39, 0.29) is 5.91 Å². The van der Waals surface area contributed by atoms with Gasteiger partial charge in [0.1, 0.15) is 0 Å². The van der Waals surface area contributed by atoms with Gasteiger partial charge in [-0.1, -0.05) is 65.6 Å². The Morgan fingerprint density at radius 2 is 1.75 bits per heavy atom. The molecule has 0 atom stereocenters. The Morgan fingerprint density at radius 3 is 2.39 bits per heavy atom. The zero-order valence-corrected chi connectivity index (χ0v) is 16.9. The molecule has 28 heavy (non-hydrogen) atoms. The summed E-state index contributed by atoms with van der Waals surface area (Å²) in [5.74, 6) is 0.348. The maximum atomic E-state index is 13.3. The van der Waals surface area contributed by atoms with E-state index in [0.717, 1.165) is 33.7 Å². The summed E-state index contributed by atoms with van der Waals surface area (Å²) in [5, 5.41) is 12.1. The molecule has 7 heteroatoms. The fraction of sp³-hybridized carbons (Fsp3) is 0.190. The van der Waals surface area contributed by atoms with Gasteiger partial charge in [0.2, 0.25) is 11.0 Å². The number of carbonyl (C=O) groups excluding carboxylic acids is 1. The first-order valence-corrected chi connectivity index (χ1v) is 10.9. The first kappa shape index (κ1) is 18.7. The van der Waals surface area contributed by atoms with Crippen LogP contribution in [0.3, 0.4) is 0 Å². The van der Waals surface area contributed by atoms with Gasteiger partial charge in [-0.2, -0.15) is 0 Å². The quantitative estimate of drug-likeness (QED) is 0.474. The van der Waals surface area contributed by atoms with Crippen molar-refractivity contribution in [3.8, 4) is 0 Å². The minimum atomic E-state index is 0.0441. The highest BCUT2D eigenvalue weighted by Crippen LogP contribution is 2.37. The van der Waals surface area contributed by atoms with Crippen LogP contribution in [-0.4, -0.2) is 28.4 Å². The molecule has 1 aromatic heterocycles. The second-order valence-electron chi connectivity index (χ2n) is 6.32. The maximum Gasteiger partial charge on any atom is 0.242 e. The van der Waals surface area contributed by atoms with Crippen molar-refractivity contribution in [1.82, 2.24) is 10.2 Å². The third kappa shape index (κ3) is 3.95. The number of para-hydroxylation sites is 2. The Kier molecular flexibility index (Phi) is 5.73. The molecule has 5 nitrogen and oxygen atoms in total. The van der Waals surface area contributed by atoms with Crippen LogP contribution in [0.15, 0.2) is 65.5 Å². The van der Waals surface area contributed by atoms with E-state index >= 15 is 0 Å². The van der Waals surface area contributed by atoms with Crippen molar-refractivity contribution in [3.05, 3.63) is 72.3 Å². The summed E-state index contributed by atoms with van der Waals surface area (Å²) in [7, 11) is 0. The molecule has 0 saturated heterocycles. The molecule has 1 aliphatic rings. The average molecular weight is 409 g/mol. The molecule has 142 valence electrons. The number of rotatable bonds is 6. The Hall–Kier alpha value is -2.64. The molecule has 1 N–H and O–H groups in total. The molecular formula is C21H20N4OS2. The summed E-state index contributed by atoms with van der Waals surface area (Å²) in [6, 6.07) is 16.3. The van der Waals surface area contributed by atoms with Gasteiger partial charge in [0.05, 0.1) is 17.1 Å². The summed E-state index contributed by atoms with van der Waals surface area (Å²) in [5.41, 5.74) is 4.35. The summed E-state index contributed by atoms with van der Waals surface area (Å²) in [6.45, 7) is 4.32. The fourth-order valence-corrected chi connectivity index (χ4v) is 4.84. The number of hydrogen-bond acceptors (Lipinski definition) is 6. The molecule has 1 aliphatic heterocycles. The molecule has 0 fully saturated rings. The molecular weight excluding hydrogens is 388 g/mol. The summed E-state index contributed by atoms with van der Waals surface area (Å²) in [4.78, 5) is 15.1. The maximum absolute atomic E-state index is 13.3. The van der Waals surface area contributed by atoms with E-state index in [9.17, 15) is 4.79 Å². The van der Waals surface area contributed by atoms with E-state index in [4.69, 9.17) is 0 Å². The van der Waals surface area contributed by atoms with E-state index < -0.39 is 0 Å². The number of amides is 1. The number of thioether (sulfide) groups is 1. The van der Waals surface area contributed by atoms with Gasteiger partial charge in [-0.05, 0) is 36.1 Å². The number of benzene rings is 2. The lowest BCUT2D eigenvalue weighted by atomic mass is 10.0. The number of nitrogens with one attached hydrogen (secondary N) is 1. The summed E-state index contributed by atoms with van der Waals surface area (Å²) in [6.07, 6.45) is 3.63. The lowest BCUT2D eigenvalue weighted by Gasteiger charge is -2.24. The first-order chi connectivity index (χ1) is 13.8. The lowest BCUT2D eigenvalue weighted by molar-refractivity contribution is -0.115. The average Bonchev–Trinajstić information content (AvgIpc) is 3.11. The molecule has 0 saturated carbocycles. The predicted molar refractivity (Wildman–Crippen MR) is 117 cm³/mol. The highest BCUT2D eigenvalue weighted by Gasteiger charge is 2.25. The van der Waals surface area contributed by atoms with Crippen molar-refractivity contribution in [1.29, 1.82) is 0 Å². The molecule has 3 aromatic rings. The molecule has 0 aliphatic carbocycles. The van der Waals surface area contributed by atoms with E-state index in [1.165, 1.54) is 34.2 Å². The molecule has 2 heterocycles. The molecule has 1 amide bonds. The minimum Gasteiger partial charge on any atom is -0.357 e. The van der Waals surface area contributed by atoms with E-state index in [2.05, 4.69) is 34.2 Å². The lowest BCUT2D eigenvalue weighted by Crippen LogP contribution is -2.28. The highest BCUT2D eigenvalue weighted by atomic mass is 32.2. The SMILES string of the molecule is C=CCNc1nnc(SCC(=O)N2c3ccccc3CCc3ccccc32)s1. The number of hydrogen-bond donors (Lipinski definition) is 1. The second kappa shape index (κ2) is 8.58. The Labute approximate surface area is 172 Å². The van der Waals surface area contributed by atoms with Crippen LogP contribution < -0.4 is 10.2 Å². The first-order valence-electron chi connectivity index (χ1n) is 9.06. The molecule has 0 radical (unpaired) electrons. The third-order valence-corrected chi connectivity index (χ3v) is 6.50. The van der Waals surface area contributed by atoms with E-state index in [1.807, 2.05) is 41.3 Å². The number of fused-ring (bicyclic) bond motifs is 2. The van der Waals surface area contributed by atoms with Gasteiger partial charge in [0, 0.05) is 6.54 Å². The predicted octanol–water partition coefficient (Wildman–Crippen LogP) is 4.69. The van der Waals surface area contributed by atoms with Gasteiger partial charge >= 0.3 is 0 Å². The van der Waals surface area contributed by atoms with Gasteiger partial charge in [-0.25, -0.2) is 0 Å². The summed E-state index contributed by atoms with van der Waals surface area (Å²) < 4.78 is 0.774. The van der Waals surface area contributed by atoms with Crippen LogP contribution >= 0.6 is 23.1 Å².